The molecular weight excluding hydrogens is 377 g/mol. The van der Waals surface area contributed by atoms with E-state index in [9.17, 15) is 4.39 Å². The largest absolute Gasteiger partial charge is 0.256 e. The summed E-state index contributed by atoms with van der Waals surface area (Å²) in [6, 6.07) is 10.6. The van der Waals surface area contributed by atoms with Crippen molar-refractivity contribution >= 4 is 6.08 Å². The zero-order valence-electron chi connectivity index (χ0n) is 17.1. The van der Waals surface area contributed by atoms with Gasteiger partial charge in [0.2, 0.25) is 0 Å². The molecule has 2 aliphatic rings. The minimum atomic E-state index is -0.236. The molecule has 2 aromatic heterocycles. The third-order valence-corrected chi connectivity index (χ3v) is 7.13. The van der Waals surface area contributed by atoms with Crippen LogP contribution in [0.4, 0.5) is 4.39 Å². The highest BCUT2D eigenvalue weighted by atomic mass is 19.1. The first-order chi connectivity index (χ1) is 14.6. The molecule has 5 nitrogen and oxygen atoms in total. The monoisotopic (exact) mass is 403 g/mol. The highest BCUT2D eigenvalue weighted by Crippen LogP contribution is 2.56. The summed E-state index contributed by atoms with van der Waals surface area (Å²) < 4.78 is 13.5. The van der Waals surface area contributed by atoms with Crippen LogP contribution in [0.1, 0.15) is 50.5 Å². The van der Waals surface area contributed by atoms with Crippen molar-refractivity contribution in [2.45, 2.75) is 44.4 Å². The van der Waals surface area contributed by atoms with Crippen molar-refractivity contribution < 1.29 is 4.39 Å². The molecule has 2 saturated carbocycles. The summed E-state index contributed by atoms with van der Waals surface area (Å²) in [6.45, 7) is 2.28. The van der Waals surface area contributed by atoms with Crippen LogP contribution in [0.3, 0.4) is 0 Å². The Kier molecular flexibility index (Phi) is 4.93. The predicted molar refractivity (Wildman–Crippen MR) is 114 cm³/mol. The molecule has 2 fully saturated rings. The first-order valence-corrected chi connectivity index (χ1v) is 10.8. The van der Waals surface area contributed by atoms with Crippen LogP contribution in [-0.4, -0.2) is 25.6 Å². The lowest BCUT2D eigenvalue weighted by Crippen LogP contribution is -2.30. The van der Waals surface area contributed by atoms with Crippen LogP contribution >= 0.6 is 0 Å². The number of hydrogen-bond donors (Lipinski definition) is 1. The molecule has 0 aliphatic heterocycles. The number of nitrogens with one attached hydrogen (secondary N) is 1. The van der Waals surface area contributed by atoms with Gasteiger partial charge in [0.1, 0.15) is 5.82 Å². The number of fused-ring (bicyclic) bond motifs is 1. The van der Waals surface area contributed by atoms with Crippen LogP contribution in [0.15, 0.2) is 48.7 Å². The van der Waals surface area contributed by atoms with E-state index in [0.717, 1.165) is 35.0 Å². The highest BCUT2D eigenvalue weighted by Gasteiger charge is 2.52. The van der Waals surface area contributed by atoms with E-state index in [1.807, 2.05) is 24.4 Å². The Morgan fingerprint density at radius 3 is 2.80 bits per heavy atom. The lowest BCUT2D eigenvalue weighted by atomic mass is 9.73. The molecule has 3 aromatic rings. The topological polar surface area (TPSA) is 67.3 Å². The minimum absolute atomic E-state index is 0.106. The second-order valence-corrected chi connectivity index (χ2v) is 8.93. The van der Waals surface area contributed by atoms with Crippen LogP contribution in [0.25, 0.3) is 17.2 Å². The van der Waals surface area contributed by atoms with Gasteiger partial charge in [-0.1, -0.05) is 55.7 Å². The van der Waals surface area contributed by atoms with Crippen molar-refractivity contribution in [3.63, 3.8) is 0 Å². The Bertz CT molecular complexity index is 1030. The maximum atomic E-state index is 13.5. The van der Waals surface area contributed by atoms with Gasteiger partial charge in [0.25, 0.3) is 0 Å². The van der Waals surface area contributed by atoms with E-state index in [1.54, 1.807) is 6.07 Å². The quantitative estimate of drug-likeness (QED) is 0.650. The molecule has 30 heavy (non-hydrogen) atoms. The summed E-state index contributed by atoms with van der Waals surface area (Å²) in [5.74, 6) is 2.33. The van der Waals surface area contributed by atoms with Gasteiger partial charge >= 0.3 is 0 Å². The molecule has 0 bridgehead atoms. The zero-order chi connectivity index (χ0) is 20.6. The first-order valence-electron chi connectivity index (χ1n) is 10.8. The molecule has 0 saturated heterocycles. The Morgan fingerprint density at radius 1 is 1.13 bits per heavy atom. The zero-order valence-corrected chi connectivity index (χ0v) is 17.1. The van der Waals surface area contributed by atoms with Gasteiger partial charge in [-0.2, -0.15) is 5.21 Å². The minimum Gasteiger partial charge on any atom is -0.256 e. The number of nitrogens with zero attached hydrogens (tertiary/aromatic N) is 4. The van der Waals surface area contributed by atoms with E-state index in [-0.39, 0.29) is 11.2 Å². The Hall–Kier alpha value is -2.89. The van der Waals surface area contributed by atoms with E-state index >= 15 is 0 Å². The van der Waals surface area contributed by atoms with E-state index in [4.69, 9.17) is 0 Å². The molecule has 154 valence electrons. The third-order valence-electron chi connectivity index (χ3n) is 7.13. The Morgan fingerprint density at radius 2 is 2.03 bits per heavy atom. The number of aromatic nitrogens is 5. The average molecular weight is 404 g/mol. The summed E-state index contributed by atoms with van der Waals surface area (Å²) in [7, 11) is 0. The number of pyridine rings is 1. The van der Waals surface area contributed by atoms with Gasteiger partial charge < -0.3 is 0 Å². The molecule has 0 amide bonds. The Balaban J connectivity index is 1.41. The SMILES string of the molecule is C[C@]1(c2nn[nH]n2)C[C@H]2CCCC[C@H]2[C@@H]1C=Cc1ccc(-c2cccc(F)c2)cn1. The van der Waals surface area contributed by atoms with Gasteiger partial charge in [-0.25, -0.2) is 4.39 Å². The molecule has 0 spiro atoms. The van der Waals surface area contributed by atoms with Crippen LogP contribution in [0.5, 0.6) is 0 Å². The molecule has 2 heterocycles. The standard InChI is InChI=1S/C24H26FN5/c1-24(23-27-29-30-28-23)14-17-5-2-3-8-21(17)22(24)12-11-20-10-9-18(15-26-20)16-6-4-7-19(25)13-16/h4,6-7,9-13,15,17,21-22H,2-3,5,8,14H2,1H3,(H,27,28,29,30)/t17-,21-,22+,24+/m1/s1. The summed E-state index contributed by atoms with van der Waals surface area (Å²) in [5.41, 5.74) is 2.55. The van der Waals surface area contributed by atoms with Crippen LogP contribution < -0.4 is 0 Å². The van der Waals surface area contributed by atoms with Crippen molar-refractivity contribution in [2.75, 3.05) is 0 Å². The molecule has 4 atom stereocenters. The predicted octanol–water partition coefficient (Wildman–Crippen LogP) is 5.20. The number of benzene rings is 1. The lowest BCUT2D eigenvalue weighted by molar-refractivity contribution is 0.243. The number of allylic oxidation sites excluding steroid dienone is 1. The highest BCUT2D eigenvalue weighted by molar-refractivity contribution is 5.63. The molecule has 0 radical (unpaired) electrons. The van der Waals surface area contributed by atoms with Crippen molar-refractivity contribution in [3.8, 4) is 11.1 Å². The second-order valence-electron chi connectivity index (χ2n) is 8.93. The summed E-state index contributed by atoms with van der Waals surface area (Å²) in [5, 5.41) is 15.2. The van der Waals surface area contributed by atoms with Gasteiger partial charge in [-0.3, -0.25) is 4.98 Å². The fourth-order valence-electron chi connectivity index (χ4n) is 5.66. The average Bonchev–Trinajstić information content (AvgIpc) is 3.40. The van der Waals surface area contributed by atoms with Crippen molar-refractivity contribution in [1.29, 1.82) is 0 Å². The van der Waals surface area contributed by atoms with Crippen LogP contribution in [0, 0.1) is 23.6 Å². The van der Waals surface area contributed by atoms with Crippen molar-refractivity contribution in [3.05, 3.63) is 66.0 Å². The van der Waals surface area contributed by atoms with E-state index in [1.165, 1.54) is 37.8 Å². The molecular formula is C24H26FN5. The Labute approximate surface area is 175 Å². The van der Waals surface area contributed by atoms with Crippen molar-refractivity contribution in [2.24, 2.45) is 17.8 Å². The van der Waals surface area contributed by atoms with Gasteiger partial charge in [0, 0.05) is 17.2 Å². The second kappa shape index (κ2) is 7.74. The first kappa shape index (κ1) is 19.1. The third kappa shape index (κ3) is 3.44. The van der Waals surface area contributed by atoms with Gasteiger partial charge in [0.05, 0.1) is 5.69 Å². The summed E-state index contributed by atoms with van der Waals surface area (Å²) >= 11 is 0. The van der Waals surface area contributed by atoms with Crippen LogP contribution in [-0.2, 0) is 5.41 Å². The molecule has 1 aromatic carbocycles. The molecule has 5 rings (SSSR count). The van der Waals surface area contributed by atoms with Gasteiger partial charge in [-0.15, -0.1) is 10.2 Å². The maximum Gasteiger partial charge on any atom is 0.181 e. The molecule has 1 N–H and O–H groups in total. The number of hydrogen-bond acceptors (Lipinski definition) is 4. The molecule has 0 unspecified atom stereocenters. The summed E-state index contributed by atoms with van der Waals surface area (Å²) in [4.78, 5) is 4.60. The lowest BCUT2D eigenvalue weighted by Gasteiger charge is -2.31. The van der Waals surface area contributed by atoms with E-state index in [2.05, 4.69) is 44.7 Å². The number of tetrazole rings is 1. The van der Waals surface area contributed by atoms with Crippen LogP contribution in [0.2, 0.25) is 0 Å². The number of H-pyrrole nitrogens is 1. The number of halogens is 1. The maximum absolute atomic E-state index is 13.5. The smallest absolute Gasteiger partial charge is 0.181 e. The van der Waals surface area contributed by atoms with E-state index < -0.39 is 0 Å². The molecule has 2 aliphatic carbocycles. The van der Waals surface area contributed by atoms with Gasteiger partial charge in [0.15, 0.2) is 5.82 Å². The van der Waals surface area contributed by atoms with Gasteiger partial charge in [-0.05, 0) is 60.4 Å². The fraction of sp³-hybridized carbons (Fsp3) is 0.417. The normalized spacial score (nSPS) is 28.7. The summed E-state index contributed by atoms with van der Waals surface area (Å²) in [6.07, 6.45) is 12.5. The molecule has 6 heteroatoms. The fourth-order valence-corrected chi connectivity index (χ4v) is 5.66. The van der Waals surface area contributed by atoms with Crippen molar-refractivity contribution in [1.82, 2.24) is 25.6 Å². The number of aromatic amines is 1. The van der Waals surface area contributed by atoms with E-state index in [0.29, 0.717) is 11.8 Å². The number of rotatable bonds is 4.